The number of aliphatic carboxylic acids is 1. The van der Waals surface area contributed by atoms with E-state index in [1.807, 2.05) is 31.2 Å². The van der Waals surface area contributed by atoms with Gasteiger partial charge in [-0.25, -0.2) is 0 Å². The fourth-order valence-electron chi connectivity index (χ4n) is 2.70. The van der Waals surface area contributed by atoms with Gasteiger partial charge in [0.1, 0.15) is 0 Å². The van der Waals surface area contributed by atoms with Crippen LogP contribution in [0.15, 0.2) is 53.6 Å². The predicted molar refractivity (Wildman–Crippen MR) is 111 cm³/mol. The van der Waals surface area contributed by atoms with Crippen LogP contribution in [0.5, 0.6) is 0 Å². The van der Waals surface area contributed by atoms with Gasteiger partial charge in [-0.1, -0.05) is 47.1 Å². The molecule has 0 aromatic heterocycles. The van der Waals surface area contributed by atoms with Crippen molar-refractivity contribution < 1.29 is 19.5 Å². The third-order valence-corrected chi connectivity index (χ3v) is 4.31. The van der Waals surface area contributed by atoms with Gasteiger partial charge in [0.05, 0.1) is 12.8 Å². The summed E-state index contributed by atoms with van der Waals surface area (Å²) in [5, 5.41) is 17.6. The molecule has 9 nitrogen and oxygen atoms in total. The first kappa shape index (κ1) is 22.4. The number of aryl methyl sites for hydroxylation is 1. The second-order valence-electron chi connectivity index (χ2n) is 6.82. The number of nitrogens with zero attached hydrogens (tertiary/aromatic N) is 3. The molecular weight excluding hydrogens is 386 g/mol. The molecular formula is C21H23N5O4. The van der Waals surface area contributed by atoms with E-state index in [2.05, 4.69) is 20.7 Å². The first-order valence-corrected chi connectivity index (χ1v) is 9.32. The van der Waals surface area contributed by atoms with E-state index in [-0.39, 0.29) is 25.3 Å². The summed E-state index contributed by atoms with van der Waals surface area (Å²) in [6.07, 6.45) is -0.0627. The molecule has 2 amide bonds. The van der Waals surface area contributed by atoms with Gasteiger partial charge in [-0.05, 0) is 35.7 Å². The highest BCUT2D eigenvalue weighted by Crippen LogP contribution is 2.07. The molecule has 3 N–H and O–H groups in total. The molecule has 9 heteroatoms. The smallest absolute Gasteiger partial charge is 0.305 e. The number of benzene rings is 2. The molecule has 156 valence electrons. The Morgan fingerprint density at radius 1 is 1.07 bits per heavy atom. The minimum atomic E-state index is -1.11. The lowest BCUT2D eigenvalue weighted by atomic mass is 10.1. The highest BCUT2D eigenvalue weighted by molar-refractivity contribution is 5.94. The molecule has 0 spiro atoms. The number of rotatable bonds is 10. The second kappa shape index (κ2) is 11.2. The van der Waals surface area contributed by atoms with Crippen molar-refractivity contribution in [2.45, 2.75) is 32.4 Å². The van der Waals surface area contributed by atoms with Crippen LogP contribution in [0.3, 0.4) is 0 Å². The van der Waals surface area contributed by atoms with E-state index in [4.69, 9.17) is 10.6 Å². The summed E-state index contributed by atoms with van der Waals surface area (Å²) in [5.74, 6) is -1.68. The van der Waals surface area contributed by atoms with E-state index >= 15 is 0 Å². The van der Waals surface area contributed by atoms with Gasteiger partial charge in [0, 0.05) is 29.6 Å². The summed E-state index contributed by atoms with van der Waals surface area (Å²) in [7, 11) is 0. The van der Waals surface area contributed by atoms with Gasteiger partial charge in [0.15, 0.2) is 0 Å². The minimum absolute atomic E-state index is 0.102. The number of carboxylic acid groups (broad SMARTS) is 1. The summed E-state index contributed by atoms with van der Waals surface area (Å²) in [4.78, 5) is 37.8. The molecule has 0 aliphatic heterocycles. The van der Waals surface area contributed by atoms with Crippen LogP contribution in [0.4, 0.5) is 0 Å². The van der Waals surface area contributed by atoms with Crippen molar-refractivity contribution >= 4 is 17.8 Å². The van der Waals surface area contributed by atoms with Crippen molar-refractivity contribution in [3.8, 4) is 0 Å². The van der Waals surface area contributed by atoms with E-state index in [0.717, 1.165) is 16.7 Å². The van der Waals surface area contributed by atoms with Crippen molar-refractivity contribution in [1.82, 2.24) is 10.6 Å². The average molecular weight is 409 g/mol. The van der Waals surface area contributed by atoms with E-state index < -0.39 is 17.9 Å². The third-order valence-electron chi connectivity index (χ3n) is 4.31. The quantitative estimate of drug-likeness (QED) is 0.315. The fraction of sp³-hybridized carbons (Fsp3) is 0.286. The normalized spacial score (nSPS) is 11.1. The van der Waals surface area contributed by atoms with Crippen LogP contribution in [0.1, 0.15) is 33.5 Å². The Hall–Kier alpha value is -3.84. The predicted octanol–water partition coefficient (Wildman–Crippen LogP) is 2.74. The molecule has 2 rings (SSSR count). The molecule has 0 saturated carbocycles. The second-order valence-corrected chi connectivity index (χ2v) is 6.82. The van der Waals surface area contributed by atoms with Crippen LogP contribution in [0, 0.1) is 6.92 Å². The minimum Gasteiger partial charge on any atom is -0.481 e. The van der Waals surface area contributed by atoms with Crippen molar-refractivity contribution in [3.63, 3.8) is 0 Å². The molecule has 2 aromatic carbocycles. The molecule has 0 unspecified atom stereocenters. The van der Waals surface area contributed by atoms with Gasteiger partial charge in [0.25, 0.3) is 5.91 Å². The lowest BCUT2D eigenvalue weighted by molar-refractivity contribution is -0.137. The Bertz CT molecular complexity index is 931. The number of amides is 2. The maximum atomic E-state index is 12.3. The average Bonchev–Trinajstić information content (AvgIpc) is 2.72. The molecule has 0 saturated heterocycles. The first-order valence-electron chi connectivity index (χ1n) is 9.32. The zero-order chi connectivity index (χ0) is 21.9. The largest absolute Gasteiger partial charge is 0.481 e. The van der Waals surface area contributed by atoms with Gasteiger partial charge in [-0.15, -0.1) is 0 Å². The van der Waals surface area contributed by atoms with Gasteiger partial charge >= 0.3 is 5.97 Å². The van der Waals surface area contributed by atoms with Crippen LogP contribution in [0.2, 0.25) is 0 Å². The molecule has 0 aliphatic carbocycles. The number of carbonyl (C=O) groups excluding carboxylic acids is 2. The first-order chi connectivity index (χ1) is 14.4. The zero-order valence-corrected chi connectivity index (χ0v) is 16.5. The van der Waals surface area contributed by atoms with Crippen molar-refractivity contribution in [3.05, 3.63) is 81.2 Å². The van der Waals surface area contributed by atoms with Crippen LogP contribution < -0.4 is 10.6 Å². The Morgan fingerprint density at radius 3 is 2.30 bits per heavy atom. The SMILES string of the molecule is Cc1ccc(CC(=O)NCc2ccc(C(=O)N[C@H](CN=[N+]=[N-])CC(=O)O)cc2)cc1. The maximum absolute atomic E-state index is 12.3. The van der Waals surface area contributed by atoms with Gasteiger partial charge in [0.2, 0.25) is 5.91 Å². The number of carboxylic acids is 1. The van der Waals surface area contributed by atoms with Crippen molar-refractivity contribution in [2.24, 2.45) is 5.11 Å². The highest BCUT2D eigenvalue weighted by Gasteiger charge is 2.16. The standard InChI is InChI=1S/C21H23N5O4/c1-14-2-4-15(5-3-14)10-19(27)23-12-16-6-8-17(9-7-16)21(30)25-18(11-20(28)29)13-24-26-22/h2-9,18H,10-13H2,1H3,(H,23,27)(H,25,30)(H,28,29)/t18-/m0/s1. The van der Waals surface area contributed by atoms with Crippen LogP contribution in [-0.2, 0) is 22.6 Å². The van der Waals surface area contributed by atoms with Crippen molar-refractivity contribution in [2.75, 3.05) is 6.54 Å². The van der Waals surface area contributed by atoms with Crippen LogP contribution in [-0.4, -0.2) is 35.5 Å². The lowest BCUT2D eigenvalue weighted by Crippen LogP contribution is -2.38. The number of hydrogen-bond donors (Lipinski definition) is 3. The molecule has 0 heterocycles. The van der Waals surface area contributed by atoms with E-state index in [0.29, 0.717) is 12.1 Å². The summed E-state index contributed by atoms with van der Waals surface area (Å²) >= 11 is 0. The summed E-state index contributed by atoms with van der Waals surface area (Å²) in [6.45, 7) is 2.16. The highest BCUT2D eigenvalue weighted by atomic mass is 16.4. The summed E-state index contributed by atoms with van der Waals surface area (Å²) in [5.41, 5.74) is 11.6. The topological polar surface area (TPSA) is 144 Å². The number of carbonyl (C=O) groups is 3. The van der Waals surface area contributed by atoms with Gasteiger partial charge in [-0.2, -0.15) is 0 Å². The van der Waals surface area contributed by atoms with E-state index in [1.165, 1.54) is 0 Å². The lowest BCUT2D eigenvalue weighted by Gasteiger charge is -2.14. The zero-order valence-electron chi connectivity index (χ0n) is 16.5. The Morgan fingerprint density at radius 2 is 1.70 bits per heavy atom. The monoisotopic (exact) mass is 409 g/mol. The van der Waals surface area contributed by atoms with E-state index in [9.17, 15) is 14.4 Å². The van der Waals surface area contributed by atoms with Crippen molar-refractivity contribution in [1.29, 1.82) is 0 Å². The molecule has 2 aromatic rings. The van der Waals surface area contributed by atoms with Crippen LogP contribution in [0.25, 0.3) is 10.4 Å². The summed E-state index contributed by atoms with van der Waals surface area (Å²) in [6, 6.07) is 13.5. The number of nitrogens with one attached hydrogen (secondary N) is 2. The summed E-state index contributed by atoms with van der Waals surface area (Å²) < 4.78 is 0. The van der Waals surface area contributed by atoms with Gasteiger partial charge < -0.3 is 15.7 Å². The fourth-order valence-corrected chi connectivity index (χ4v) is 2.70. The molecule has 0 radical (unpaired) electrons. The molecule has 0 bridgehead atoms. The number of hydrogen-bond acceptors (Lipinski definition) is 4. The van der Waals surface area contributed by atoms with Gasteiger partial charge in [-0.3, -0.25) is 14.4 Å². The molecule has 1 atom stereocenters. The molecule has 30 heavy (non-hydrogen) atoms. The molecule has 0 fully saturated rings. The number of azide groups is 1. The maximum Gasteiger partial charge on any atom is 0.305 e. The Balaban J connectivity index is 1.87. The molecule has 0 aliphatic rings. The Labute approximate surface area is 173 Å². The van der Waals surface area contributed by atoms with Crippen LogP contribution >= 0.6 is 0 Å². The van der Waals surface area contributed by atoms with E-state index in [1.54, 1.807) is 24.3 Å². The third kappa shape index (κ3) is 7.65. The Kier molecular flexibility index (Phi) is 8.40.